The number of carbonyl (C=O) groups excluding carboxylic acids is 1. The van der Waals surface area contributed by atoms with Crippen LogP contribution in [0.15, 0.2) is 36.2 Å². The fourth-order valence-electron chi connectivity index (χ4n) is 2.42. The molecule has 1 unspecified atom stereocenters. The minimum Gasteiger partial charge on any atom is -0.336 e. The van der Waals surface area contributed by atoms with Gasteiger partial charge in [0.1, 0.15) is 0 Å². The van der Waals surface area contributed by atoms with E-state index in [-0.39, 0.29) is 11.9 Å². The number of rotatable bonds is 3. The molecule has 0 bridgehead atoms. The summed E-state index contributed by atoms with van der Waals surface area (Å²) < 4.78 is 0. The largest absolute Gasteiger partial charge is 0.336 e. The molecule has 1 N–H and O–H groups in total. The first-order valence-corrected chi connectivity index (χ1v) is 6.84. The number of pyridine rings is 1. The van der Waals surface area contributed by atoms with E-state index in [9.17, 15) is 4.79 Å². The lowest BCUT2D eigenvalue weighted by Gasteiger charge is -2.34. The van der Waals surface area contributed by atoms with Gasteiger partial charge in [-0.05, 0) is 25.0 Å². The molecule has 1 aliphatic rings. The van der Waals surface area contributed by atoms with E-state index < -0.39 is 0 Å². The van der Waals surface area contributed by atoms with E-state index in [4.69, 9.17) is 0 Å². The van der Waals surface area contributed by atoms with Gasteiger partial charge in [0.15, 0.2) is 0 Å². The molecular formula is C15H21N3O. The highest BCUT2D eigenvalue weighted by molar-refractivity contribution is 5.93. The Morgan fingerprint density at radius 2 is 2.47 bits per heavy atom. The molecule has 0 aromatic carbocycles. The maximum Gasteiger partial charge on any atom is 0.249 e. The molecule has 2 heterocycles. The molecule has 1 saturated heterocycles. The second-order valence-electron chi connectivity index (χ2n) is 4.71. The first kappa shape index (κ1) is 13.7. The van der Waals surface area contributed by atoms with Crippen molar-refractivity contribution in [3.05, 3.63) is 41.7 Å². The van der Waals surface area contributed by atoms with E-state index in [2.05, 4.69) is 16.4 Å². The average Bonchev–Trinajstić information content (AvgIpc) is 2.49. The summed E-state index contributed by atoms with van der Waals surface area (Å²) in [5.41, 5.74) is 2.03. The van der Waals surface area contributed by atoms with Crippen LogP contribution in [0.4, 0.5) is 0 Å². The van der Waals surface area contributed by atoms with E-state index in [1.807, 2.05) is 37.1 Å². The van der Waals surface area contributed by atoms with E-state index in [1.54, 1.807) is 6.20 Å². The molecule has 1 aromatic heterocycles. The molecule has 1 amide bonds. The zero-order chi connectivity index (χ0) is 13.7. The van der Waals surface area contributed by atoms with Crippen LogP contribution in [0.5, 0.6) is 0 Å². The normalized spacial score (nSPS) is 20.4. The van der Waals surface area contributed by atoms with Crippen molar-refractivity contribution in [3.8, 4) is 0 Å². The van der Waals surface area contributed by atoms with Gasteiger partial charge in [0.05, 0.1) is 6.04 Å². The maximum atomic E-state index is 12.4. The summed E-state index contributed by atoms with van der Waals surface area (Å²) in [6.45, 7) is 6.26. The van der Waals surface area contributed by atoms with Crippen molar-refractivity contribution < 1.29 is 4.79 Å². The summed E-state index contributed by atoms with van der Waals surface area (Å²) in [5, 5.41) is 3.44. The third kappa shape index (κ3) is 3.20. The third-order valence-corrected chi connectivity index (χ3v) is 3.55. The minimum atomic E-state index is 0.167. The predicted molar refractivity (Wildman–Crippen MR) is 75.6 cm³/mol. The molecule has 4 heteroatoms. The Morgan fingerprint density at radius 3 is 3.11 bits per heavy atom. The number of piperazine rings is 1. The fourth-order valence-corrected chi connectivity index (χ4v) is 2.42. The van der Waals surface area contributed by atoms with Crippen LogP contribution in [0, 0.1) is 0 Å². The first-order valence-electron chi connectivity index (χ1n) is 6.84. The molecule has 2 rings (SSSR count). The number of hydrogen-bond donors (Lipinski definition) is 1. The molecule has 0 spiro atoms. The van der Waals surface area contributed by atoms with Crippen molar-refractivity contribution in [1.82, 2.24) is 15.2 Å². The average molecular weight is 259 g/mol. The van der Waals surface area contributed by atoms with Gasteiger partial charge in [-0.1, -0.05) is 19.1 Å². The van der Waals surface area contributed by atoms with E-state index in [0.717, 1.165) is 30.6 Å². The Kier molecular flexibility index (Phi) is 4.68. The number of aromatic nitrogens is 1. The summed E-state index contributed by atoms with van der Waals surface area (Å²) in [6.07, 6.45) is 6.34. The summed E-state index contributed by atoms with van der Waals surface area (Å²) >= 11 is 0. The molecule has 0 aliphatic carbocycles. The van der Waals surface area contributed by atoms with Gasteiger partial charge in [0.2, 0.25) is 5.91 Å². The standard InChI is InChI=1S/C15H21N3O/c1-3-12(4-2)15(19)18-9-8-17-14(11-18)13-6-5-7-16-10-13/h3,5-7,10,14,17H,4,8-9,11H2,1-2H3/b12-3+. The quantitative estimate of drug-likeness (QED) is 0.843. The lowest BCUT2D eigenvalue weighted by atomic mass is 10.1. The number of allylic oxidation sites excluding steroid dienone is 1. The second-order valence-corrected chi connectivity index (χ2v) is 4.71. The number of hydrogen-bond acceptors (Lipinski definition) is 3. The minimum absolute atomic E-state index is 0.167. The number of carbonyl (C=O) groups is 1. The Hall–Kier alpha value is -1.68. The van der Waals surface area contributed by atoms with Gasteiger partial charge >= 0.3 is 0 Å². The van der Waals surface area contributed by atoms with Crippen molar-refractivity contribution in [3.63, 3.8) is 0 Å². The molecule has 0 radical (unpaired) electrons. The van der Waals surface area contributed by atoms with Crippen molar-refractivity contribution in [1.29, 1.82) is 0 Å². The smallest absolute Gasteiger partial charge is 0.249 e. The van der Waals surface area contributed by atoms with Crippen LogP contribution < -0.4 is 5.32 Å². The molecule has 0 saturated carbocycles. The third-order valence-electron chi connectivity index (χ3n) is 3.55. The SMILES string of the molecule is C/C=C(\CC)C(=O)N1CCNC(c2cccnc2)C1. The summed E-state index contributed by atoms with van der Waals surface area (Å²) in [5.74, 6) is 0.167. The van der Waals surface area contributed by atoms with Crippen LogP contribution in [0.25, 0.3) is 0 Å². The maximum absolute atomic E-state index is 12.4. The summed E-state index contributed by atoms with van der Waals surface area (Å²) in [4.78, 5) is 18.4. The first-order chi connectivity index (χ1) is 9.26. The molecule has 1 aromatic rings. The molecule has 19 heavy (non-hydrogen) atoms. The van der Waals surface area contributed by atoms with E-state index in [1.165, 1.54) is 0 Å². The lowest BCUT2D eigenvalue weighted by Crippen LogP contribution is -2.48. The lowest BCUT2D eigenvalue weighted by molar-refractivity contribution is -0.128. The summed E-state index contributed by atoms with van der Waals surface area (Å²) in [6, 6.07) is 4.16. The van der Waals surface area contributed by atoms with Crippen molar-refractivity contribution in [2.24, 2.45) is 0 Å². The Bertz CT molecular complexity index is 456. The van der Waals surface area contributed by atoms with Crippen LogP contribution >= 0.6 is 0 Å². The van der Waals surface area contributed by atoms with Gasteiger partial charge in [-0.15, -0.1) is 0 Å². The topological polar surface area (TPSA) is 45.2 Å². The van der Waals surface area contributed by atoms with E-state index in [0.29, 0.717) is 6.54 Å². The van der Waals surface area contributed by atoms with Crippen molar-refractivity contribution >= 4 is 5.91 Å². The van der Waals surface area contributed by atoms with Gasteiger partial charge in [0, 0.05) is 37.6 Å². The van der Waals surface area contributed by atoms with Crippen molar-refractivity contribution in [2.45, 2.75) is 26.3 Å². The van der Waals surface area contributed by atoms with Gasteiger partial charge in [-0.25, -0.2) is 0 Å². The van der Waals surface area contributed by atoms with Gasteiger partial charge < -0.3 is 10.2 Å². The highest BCUT2D eigenvalue weighted by Gasteiger charge is 2.25. The number of amides is 1. The second kappa shape index (κ2) is 6.48. The molecule has 1 aliphatic heterocycles. The summed E-state index contributed by atoms with van der Waals surface area (Å²) in [7, 11) is 0. The van der Waals surface area contributed by atoms with Crippen LogP contribution in [-0.2, 0) is 4.79 Å². The fraction of sp³-hybridized carbons (Fsp3) is 0.467. The molecule has 4 nitrogen and oxygen atoms in total. The van der Waals surface area contributed by atoms with Crippen LogP contribution in [0.3, 0.4) is 0 Å². The zero-order valence-electron chi connectivity index (χ0n) is 11.6. The van der Waals surface area contributed by atoms with Crippen molar-refractivity contribution in [2.75, 3.05) is 19.6 Å². The van der Waals surface area contributed by atoms with Gasteiger partial charge in [0.25, 0.3) is 0 Å². The van der Waals surface area contributed by atoms with Crippen LogP contribution in [0.1, 0.15) is 31.9 Å². The van der Waals surface area contributed by atoms with Gasteiger partial charge in [-0.3, -0.25) is 9.78 Å². The zero-order valence-corrected chi connectivity index (χ0v) is 11.6. The highest BCUT2D eigenvalue weighted by Crippen LogP contribution is 2.18. The Morgan fingerprint density at radius 1 is 1.63 bits per heavy atom. The molecule has 102 valence electrons. The monoisotopic (exact) mass is 259 g/mol. The number of nitrogens with zero attached hydrogens (tertiary/aromatic N) is 2. The van der Waals surface area contributed by atoms with Crippen LogP contribution in [-0.4, -0.2) is 35.4 Å². The number of nitrogens with one attached hydrogen (secondary N) is 1. The Balaban J connectivity index is 2.07. The molecule has 1 atom stereocenters. The van der Waals surface area contributed by atoms with Gasteiger partial charge in [-0.2, -0.15) is 0 Å². The van der Waals surface area contributed by atoms with Crippen LogP contribution in [0.2, 0.25) is 0 Å². The predicted octanol–water partition coefficient (Wildman–Crippen LogP) is 1.91. The Labute approximate surface area is 114 Å². The molecular weight excluding hydrogens is 238 g/mol. The molecule has 1 fully saturated rings. The van der Waals surface area contributed by atoms with E-state index >= 15 is 0 Å². The highest BCUT2D eigenvalue weighted by atomic mass is 16.2.